The van der Waals surface area contributed by atoms with Gasteiger partial charge in [0, 0.05) is 11.0 Å². The van der Waals surface area contributed by atoms with Gasteiger partial charge in [-0.25, -0.2) is 8.78 Å². The molecular formula is C13H11BF2O2. The van der Waals surface area contributed by atoms with E-state index >= 15 is 0 Å². The third kappa shape index (κ3) is 2.28. The minimum Gasteiger partial charge on any atom is -0.423 e. The van der Waals surface area contributed by atoms with Crippen LogP contribution in [0.25, 0.3) is 11.1 Å². The van der Waals surface area contributed by atoms with Crippen molar-refractivity contribution in [1.29, 1.82) is 0 Å². The van der Waals surface area contributed by atoms with Gasteiger partial charge in [-0.3, -0.25) is 0 Å². The van der Waals surface area contributed by atoms with Crippen molar-refractivity contribution in [1.82, 2.24) is 0 Å². The molecule has 0 amide bonds. The van der Waals surface area contributed by atoms with Crippen LogP contribution in [0.4, 0.5) is 8.78 Å². The van der Waals surface area contributed by atoms with E-state index in [1.165, 1.54) is 6.07 Å². The maximum atomic E-state index is 13.8. The molecule has 0 atom stereocenters. The first kappa shape index (κ1) is 12.7. The summed E-state index contributed by atoms with van der Waals surface area (Å²) in [6.07, 6.45) is 0. The van der Waals surface area contributed by atoms with Crippen LogP contribution in [0.15, 0.2) is 36.4 Å². The van der Waals surface area contributed by atoms with E-state index in [4.69, 9.17) is 10.0 Å². The molecule has 0 aliphatic rings. The summed E-state index contributed by atoms with van der Waals surface area (Å²) in [5.74, 6) is -2.31. The quantitative estimate of drug-likeness (QED) is 0.793. The van der Waals surface area contributed by atoms with E-state index in [1.54, 1.807) is 24.3 Å². The molecule has 18 heavy (non-hydrogen) atoms. The van der Waals surface area contributed by atoms with Crippen LogP contribution in [0.3, 0.4) is 0 Å². The van der Waals surface area contributed by atoms with Gasteiger partial charge in [0.2, 0.25) is 0 Å². The van der Waals surface area contributed by atoms with Gasteiger partial charge in [-0.2, -0.15) is 0 Å². The van der Waals surface area contributed by atoms with Crippen LogP contribution in [0, 0.1) is 18.6 Å². The van der Waals surface area contributed by atoms with Gasteiger partial charge >= 0.3 is 7.12 Å². The van der Waals surface area contributed by atoms with Crippen LogP contribution >= 0.6 is 0 Å². The number of rotatable bonds is 2. The molecule has 2 aromatic carbocycles. The van der Waals surface area contributed by atoms with Crippen molar-refractivity contribution < 1.29 is 18.8 Å². The third-order valence-corrected chi connectivity index (χ3v) is 2.75. The predicted molar refractivity (Wildman–Crippen MR) is 66.4 cm³/mol. The Morgan fingerprint density at radius 2 is 1.50 bits per heavy atom. The molecule has 2 nitrogen and oxygen atoms in total. The van der Waals surface area contributed by atoms with E-state index in [9.17, 15) is 8.78 Å². The van der Waals surface area contributed by atoms with Crippen molar-refractivity contribution in [3.8, 4) is 11.1 Å². The molecule has 0 fully saturated rings. The summed E-state index contributed by atoms with van der Waals surface area (Å²) >= 11 is 0. The fourth-order valence-electron chi connectivity index (χ4n) is 1.72. The fourth-order valence-corrected chi connectivity index (χ4v) is 1.72. The Balaban J connectivity index is 2.53. The monoisotopic (exact) mass is 248 g/mol. The Hall–Kier alpha value is -1.72. The summed E-state index contributed by atoms with van der Waals surface area (Å²) in [6.45, 7) is 1.89. The lowest BCUT2D eigenvalue weighted by molar-refractivity contribution is 0.420. The zero-order valence-electron chi connectivity index (χ0n) is 9.69. The smallest absolute Gasteiger partial charge is 0.423 e. The van der Waals surface area contributed by atoms with Crippen LogP contribution in [0.2, 0.25) is 0 Å². The summed E-state index contributed by atoms with van der Waals surface area (Å²) < 4.78 is 27.4. The van der Waals surface area contributed by atoms with Crippen LogP contribution in [0.1, 0.15) is 5.56 Å². The van der Waals surface area contributed by atoms with Gasteiger partial charge in [-0.05, 0) is 12.5 Å². The average molecular weight is 248 g/mol. The van der Waals surface area contributed by atoms with E-state index in [-0.39, 0.29) is 5.56 Å². The lowest BCUT2D eigenvalue weighted by atomic mass is 9.79. The maximum Gasteiger partial charge on any atom is 0.491 e. The van der Waals surface area contributed by atoms with Gasteiger partial charge in [0.15, 0.2) is 11.6 Å². The van der Waals surface area contributed by atoms with Crippen LogP contribution < -0.4 is 5.46 Å². The first-order valence-corrected chi connectivity index (χ1v) is 5.42. The zero-order chi connectivity index (χ0) is 13.3. The van der Waals surface area contributed by atoms with E-state index in [0.717, 1.165) is 11.6 Å². The Morgan fingerprint density at radius 3 is 2.06 bits per heavy atom. The second-order valence-corrected chi connectivity index (χ2v) is 4.07. The highest BCUT2D eigenvalue weighted by Crippen LogP contribution is 2.24. The average Bonchev–Trinajstić information content (AvgIpc) is 2.33. The lowest BCUT2D eigenvalue weighted by Crippen LogP contribution is -2.33. The van der Waals surface area contributed by atoms with Gasteiger partial charge in [0.25, 0.3) is 0 Å². The molecule has 0 spiro atoms. The van der Waals surface area contributed by atoms with Crippen molar-refractivity contribution in [2.45, 2.75) is 6.92 Å². The Labute approximate surface area is 104 Å². The lowest BCUT2D eigenvalue weighted by Gasteiger charge is -2.08. The maximum absolute atomic E-state index is 13.8. The van der Waals surface area contributed by atoms with Crippen LogP contribution in [0.5, 0.6) is 0 Å². The Kier molecular flexibility index (Phi) is 3.45. The molecule has 0 bridgehead atoms. The Morgan fingerprint density at radius 1 is 0.889 bits per heavy atom. The van der Waals surface area contributed by atoms with Gasteiger partial charge in [-0.1, -0.05) is 42.0 Å². The van der Waals surface area contributed by atoms with Gasteiger partial charge < -0.3 is 10.0 Å². The number of hydrogen-bond acceptors (Lipinski definition) is 2. The van der Waals surface area contributed by atoms with Crippen molar-refractivity contribution in [2.75, 3.05) is 0 Å². The molecule has 0 saturated carbocycles. The molecule has 2 aromatic rings. The highest BCUT2D eigenvalue weighted by Gasteiger charge is 2.21. The molecule has 92 valence electrons. The summed E-state index contributed by atoms with van der Waals surface area (Å²) in [5, 5.41) is 17.8. The van der Waals surface area contributed by atoms with E-state index in [0.29, 0.717) is 5.56 Å². The van der Waals surface area contributed by atoms with Crippen LogP contribution in [-0.2, 0) is 0 Å². The van der Waals surface area contributed by atoms with Crippen molar-refractivity contribution in [3.05, 3.63) is 53.6 Å². The summed E-state index contributed by atoms with van der Waals surface area (Å²) in [5.41, 5.74) is 1.18. The van der Waals surface area contributed by atoms with Gasteiger partial charge in [0.1, 0.15) is 0 Å². The third-order valence-electron chi connectivity index (χ3n) is 2.75. The molecule has 0 radical (unpaired) electrons. The molecule has 0 aromatic heterocycles. The predicted octanol–water partition coefficient (Wildman–Crippen LogP) is 1.62. The molecular weight excluding hydrogens is 237 g/mol. The molecule has 0 aliphatic heterocycles. The SMILES string of the molecule is Cc1ccc(-c2ccc(B(O)O)c(F)c2F)cc1. The van der Waals surface area contributed by atoms with Crippen molar-refractivity contribution in [3.63, 3.8) is 0 Å². The standard InChI is InChI=1S/C13H11BF2O2/c1-8-2-4-9(5-3-8)10-6-7-11(14(17)18)13(16)12(10)15/h2-7,17-18H,1H3. The number of aryl methyl sites for hydroxylation is 1. The minimum atomic E-state index is -2.02. The first-order chi connectivity index (χ1) is 8.50. The number of halogens is 2. The Bertz CT molecular complexity index is 568. The normalized spacial score (nSPS) is 10.5. The molecule has 0 aliphatic carbocycles. The molecule has 2 rings (SSSR count). The number of hydrogen-bond donors (Lipinski definition) is 2. The molecule has 0 unspecified atom stereocenters. The van der Waals surface area contributed by atoms with Crippen molar-refractivity contribution in [2.24, 2.45) is 0 Å². The second-order valence-electron chi connectivity index (χ2n) is 4.07. The summed E-state index contributed by atoms with van der Waals surface area (Å²) in [4.78, 5) is 0. The van der Waals surface area contributed by atoms with Gasteiger partial charge in [-0.15, -0.1) is 0 Å². The molecule has 5 heteroatoms. The van der Waals surface area contributed by atoms with E-state index < -0.39 is 24.2 Å². The highest BCUT2D eigenvalue weighted by molar-refractivity contribution is 6.58. The molecule has 0 saturated heterocycles. The molecule has 0 heterocycles. The van der Waals surface area contributed by atoms with E-state index in [2.05, 4.69) is 0 Å². The van der Waals surface area contributed by atoms with Gasteiger partial charge in [0.05, 0.1) is 0 Å². The van der Waals surface area contributed by atoms with Crippen LogP contribution in [-0.4, -0.2) is 17.2 Å². The first-order valence-electron chi connectivity index (χ1n) is 5.42. The zero-order valence-corrected chi connectivity index (χ0v) is 9.69. The largest absolute Gasteiger partial charge is 0.491 e. The highest BCUT2D eigenvalue weighted by atomic mass is 19.2. The van der Waals surface area contributed by atoms with Crippen molar-refractivity contribution >= 4 is 12.6 Å². The van der Waals surface area contributed by atoms with E-state index in [1.807, 2.05) is 6.92 Å². The summed E-state index contributed by atoms with van der Waals surface area (Å²) in [6, 6.07) is 9.45. The topological polar surface area (TPSA) is 40.5 Å². The second kappa shape index (κ2) is 4.88. The number of benzene rings is 2. The minimum absolute atomic E-state index is 0.0944. The fraction of sp³-hybridized carbons (Fsp3) is 0.0769. The molecule has 2 N–H and O–H groups in total. The summed E-state index contributed by atoms with van der Waals surface area (Å²) in [7, 11) is -2.02.